The largest absolute Gasteiger partial charge is 0.495 e. The van der Waals surface area contributed by atoms with E-state index in [0.29, 0.717) is 61.3 Å². The summed E-state index contributed by atoms with van der Waals surface area (Å²) < 4.78 is 11.1. The summed E-state index contributed by atoms with van der Waals surface area (Å²) in [6.07, 6.45) is 4.62. The number of ether oxygens (including phenoxy) is 2. The summed E-state index contributed by atoms with van der Waals surface area (Å²) >= 11 is 6.30. The fraction of sp³-hybridized carbons (Fsp3) is 0.457. The second-order valence-electron chi connectivity index (χ2n) is 12.8. The number of amides is 1. The van der Waals surface area contributed by atoms with Crippen molar-refractivity contribution in [1.82, 2.24) is 25.3 Å². The van der Waals surface area contributed by atoms with Gasteiger partial charge in [-0.15, -0.1) is 10.1 Å². The number of rotatable bonds is 21. The Bertz CT molecular complexity index is 1890. The zero-order valence-electron chi connectivity index (χ0n) is 31.4. The Balaban J connectivity index is 0.000000594. The number of aliphatic hydroxyl groups is 1. The highest BCUT2D eigenvalue weighted by Crippen LogP contribution is 2.28. The fourth-order valence-electron chi connectivity index (χ4n) is 5.35. The van der Waals surface area contributed by atoms with Crippen LogP contribution in [0, 0.1) is 16.0 Å². The number of benzene rings is 1. The number of methoxy groups -OCH3 is 1. The molecule has 1 fully saturated rings. The first-order valence-electron chi connectivity index (χ1n) is 17.6. The van der Waals surface area contributed by atoms with Gasteiger partial charge in [0.15, 0.2) is 11.8 Å². The Hall–Kier alpha value is -6.42. The number of hydrogen-bond donors (Lipinski definition) is 6. The highest BCUT2D eigenvalue weighted by molar-refractivity contribution is 6.32. The van der Waals surface area contributed by atoms with Crippen LogP contribution in [0.25, 0.3) is 0 Å². The van der Waals surface area contributed by atoms with E-state index in [4.69, 9.17) is 41.5 Å². The van der Waals surface area contributed by atoms with Crippen molar-refractivity contribution in [3.05, 3.63) is 74.9 Å². The van der Waals surface area contributed by atoms with Crippen LogP contribution in [0.15, 0.2) is 42.9 Å². The van der Waals surface area contributed by atoms with Gasteiger partial charge in [-0.25, -0.2) is 19.7 Å². The molecule has 1 aliphatic heterocycles. The molecule has 58 heavy (non-hydrogen) atoms. The third-order valence-corrected chi connectivity index (χ3v) is 8.64. The average molecular weight is 835 g/mol. The van der Waals surface area contributed by atoms with Crippen molar-refractivity contribution < 1.29 is 63.8 Å². The van der Waals surface area contributed by atoms with Crippen LogP contribution in [-0.2, 0) is 41.8 Å². The monoisotopic (exact) mass is 834 g/mol. The van der Waals surface area contributed by atoms with Crippen LogP contribution >= 0.6 is 11.6 Å². The molecule has 6 N–H and O–H groups in total. The summed E-state index contributed by atoms with van der Waals surface area (Å²) in [6, 6.07) is 7.04. The van der Waals surface area contributed by atoms with E-state index in [-0.39, 0.29) is 30.5 Å². The summed E-state index contributed by atoms with van der Waals surface area (Å²) in [5.74, 6) is -4.66. The van der Waals surface area contributed by atoms with Gasteiger partial charge in [-0.1, -0.05) is 31.0 Å². The molecule has 1 saturated heterocycles. The normalized spacial score (nSPS) is 13.9. The number of carbonyl (C=O) groups excluding carboxylic acids is 2. The van der Waals surface area contributed by atoms with Crippen LogP contribution < -0.4 is 20.3 Å². The van der Waals surface area contributed by atoms with Gasteiger partial charge in [-0.2, -0.15) is 4.98 Å². The first kappa shape index (κ1) is 46.0. The van der Waals surface area contributed by atoms with Gasteiger partial charge in [-0.3, -0.25) is 19.2 Å². The average Bonchev–Trinajstić information content (AvgIpc) is 3.63. The van der Waals surface area contributed by atoms with Gasteiger partial charge < -0.3 is 50.3 Å². The molecule has 1 amide bonds. The number of halogens is 1. The van der Waals surface area contributed by atoms with Crippen LogP contribution in [0.3, 0.4) is 0 Å². The third-order valence-electron chi connectivity index (χ3n) is 8.35. The molecular formula is C35H43ClN8O14. The zero-order chi connectivity index (χ0) is 42.8. The molecule has 0 bridgehead atoms. The van der Waals surface area contributed by atoms with E-state index in [0.717, 1.165) is 12.0 Å². The Labute approximate surface area is 335 Å². The number of nitrogens with zero attached hydrogens (tertiary/aromatic N) is 6. The molecule has 0 saturated carbocycles. The first-order chi connectivity index (χ1) is 27.5. The van der Waals surface area contributed by atoms with E-state index in [1.165, 1.54) is 13.3 Å². The van der Waals surface area contributed by atoms with Gasteiger partial charge in [0.1, 0.15) is 23.0 Å². The van der Waals surface area contributed by atoms with E-state index in [2.05, 4.69) is 35.4 Å². The topological polar surface area (TPSA) is 316 Å². The number of carboxylic acid groups (broad SMARTS) is 3. The molecule has 314 valence electrons. The molecule has 3 aromatic rings. The smallest absolute Gasteiger partial charge is 0.336 e. The van der Waals surface area contributed by atoms with Gasteiger partial charge in [-0.05, 0) is 43.0 Å². The predicted octanol–water partition coefficient (Wildman–Crippen LogP) is 2.71. The van der Waals surface area contributed by atoms with Crippen molar-refractivity contribution in [3.8, 4) is 5.75 Å². The molecule has 22 nitrogen and oxygen atoms in total. The lowest BCUT2D eigenvalue weighted by atomic mass is 9.96. The fourth-order valence-corrected chi connectivity index (χ4v) is 5.63. The Morgan fingerprint density at radius 1 is 1.07 bits per heavy atom. The lowest BCUT2D eigenvalue weighted by Crippen LogP contribution is -2.42. The van der Waals surface area contributed by atoms with Gasteiger partial charge in [0, 0.05) is 38.1 Å². The quantitative estimate of drug-likeness (QED) is 0.0389. The standard InChI is InChI=1S/C29H35ClN8O7.C6H8O7/c1-19(7-3-4-14-44-38(41)42)28(40)45-25-8-5-13-37(25)29-35-17-21(27(39)34-18-24-31-11-6-12-32-24)26(36-29)33-16-20-9-10-23(43-2)22(30)15-20;7-3(8)1-6(13,5(11)12)2-4(9)10/h6,9-12,15,17,19,25H,3-5,7-8,13-14,16,18H2,1-2H3,(H,34,39)(H,33,35,36);13H,1-2H2,(H,7,8)(H,9,10)(H,11,12). The molecule has 2 unspecified atom stereocenters. The van der Waals surface area contributed by atoms with E-state index >= 15 is 0 Å². The van der Waals surface area contributed by atoms with Crippen molar-refractivity contribution >= 4 is 53.2 Å². The second kappa shape index (κ2) is 22.4. The number of esters is 1. The van der Waals surface area contributed by atoms with E-state index in [1.807, 2.05) is 6.07 Å². The Morgan fingerprint density at radius 3 is 2.36 bits per heavy atom. The van der Waals surface area contributed by atoms with Crippen LogP contribution in [-0.4, -0.2) is 107 Å². The number of unbranched alkanes of at least 4 members (excludes halogenated alkanes) is 1. The van der Waals surface area contributed by atoms with Gasteiger partial charge in [0.2, 0.25) is 5.95 Å². The van der Waals surface area contributed by atoms with E-state index in [1.54, 1.807) is 42.4 Å². The maximum atomic E-state index is 13.2. The number of anilines is 2. The lowest BCUT2D eigenvalue weighted by molar-refractivity contribution is -0.757. The van der Waals surface area contributed by atoms with Gasteiger partial charge in [0.05, 0.1) is 44.0 Å². The Morgan fingerprint density at radius 2 is 1.76 bits per heavy atom. The number of nitrogens with one attached hydrogen (secondary N) is 2. The molecule has 2 atom stereocenters. The van der Waals surface area contributed by atoms with Crippen molar-refractivity contribution in [2.75, 3.05) is 30.5 Å². The van der Waals surface area contributed by atoms with Crippen LogP contribution in [0.4, 0.5) is 11.8 Å². The number of aliphatic carboxylic acids is 3. The predicted molar refractivity (Wildman–Crippen MR) is 200 cm³/mol. The van der Waals surface area contributed by atoms with E-state index in [9.17, 15) is 34.1 Å². The number of carboxylic acids is 3. The SMILES string of the molecule is COc1ccc(CNc2nc(N3CCCC3OC(=O)C(C)CCCCO[N+](=O)[O-])ncc2C(=O)NCc2ncccn2)cc1Cl.O=C(O)CC(O)(CC(=O)O)C(=O)O. The van der Waals surface area contributed by atoms with Crippen LogP contribution in [0.1, 0.15) is 73.6 Å². The summed E-state index contributed by atoms with van der Waals surface area (Å²) in [4.78, 5) is 90.4. The summed E-state index contributed by atoms with van der Waals surface area (Å²) in [6.45, 7) is 2.70. The molecule has 1 aliphatic rings. The highest BCUT2D eigenvalue weighted by atomic mass is 35.5. The zero-order valence-corrected chi connectivity index (χ0v) is 32.2. The third kappa shape index (κ3) is 14.6. The second-order valence-corrected chi connectivity index (χ2v) is 13.2. The summed E-state index contributed by atoms with van der Waals surface area (Å²) in [5.41, 5.74) is -1.70. The number of aromatic nitrogens is 4. The molecule has 0 spiro atoms. The molecular weight excluding hydrogens is 792 g/mol. The minimum absolute atomic E-state index is 0.0154. The van der Waals surface area contributed by atoms with Crippen molar-refractivity contribution in [2.24, 2.45) is 5.92 Å². The minimum Gasteiger partial charge on any atom is -0.495 e. The molecule has 3 heterocycles. The molecule has 0 aliphatic carbocycles. The molecule has 2 aromatic heterocycles. The minimum atomic E-state index is -2.74. The molecule has 23 heteroatoms. The van der Waals surface area contributed by atoms with Crippen LogP contribution in [0.2, 0.25) is 5.02 Å². The maximum absolute atomic E-state index is 13.2. The van der Waals surface area contributed by atoms with Gasteiger partial charge >= 0.3 is 23.9 Å². The van der Waals surface area contributed by atoms with Crippen LogP contribution in [0.5, 0.6) is 5.75 Å². The maximum Gasteiger partial charge on any atom is 0.336 e. The lowest BCUT2D eigenvalue weighted by Gasteiger charge is -2.26. The van der Waals surface area contributed by atoms with Crippen molar-refractivity contribution in [1.29, 1.82) is 0 Å². The van der Waals surface area contributed by atoms with Crippen molar-refractivity contribution in [2.45, 2.75) is 76.8 Å². The number of carbonyl (C=O) groups is 5. The highest BCUT2D eigenvalue weighted by Gasteiger charge is 2.41. The Kier molecular flexibility index (Phi) is 17.7. The van der Waals surface area contributed by atoms with E-state index < -0.39 is 59.5 Å². The number of hydrogen-bond acceptors (Lipinski definition) is 17. The van der Waals surface area contributed by atoms with Gasteiger partial charge in [0.25, 0.3) is 11.0 Å². The summed E-state index contributed by atoms with van der Waals surface area (Å²) in [5, 5.41) is 49.7. The summed E-state index contributed by atoms with van der Waals surface area (Å²) in [7, 11) is 1.54. The first-order valence-corrected chi connectivity index (χ1v) is 18.0. The molecule has 0 radical (unpaired) electrons. The van der Waals surface area contributed by atoms with Crippen molar-refractivity contribution in [3.63, 3.8) is 0 Å². The molecule has 4 rings (SSSR count). The molecule has 1 aromatic carbocycles.